The number of H-pyrrole nitrogens is 1. The summed E-state index contributed by atoms with van der Waals surface area (Å²) in [5, 5.41) is 37.0. The second kappa shape index (κ2) is 7.39. The maximum atomic E-state index is 10.4. The van der Waals surface area contributed by atoms with Gasteiger partial charge in [0.15, 0.2) is 23.5 Å². The fourth-order valence-electron chi connectivity index (χ4n) is 3.75. The molecule has 31 heavy (non-hydrogen) atoms. The molecule has 0 amide bonds. The van der Waals surface area contributed by atoms with Crippen molar-refractivity contribution < 1.29 is 20.1 Å². The van der Waals surface area contributed by atoms with Crippen LogP contribution in [0.5, 0.6) is 0 Å². The second-order valence-corrected chi connectivity index (χ2v) is 7.50. The number of imidazole rings is 1. The maximum Gasteiger partial charge on any atom is 0.184 e. The maximum absolute atomic E-state index is 10.4. The van der Waals surface area contributed by atoms with Crippen molar-refractivity contribution in [1.82, 2.24) is 29.7 Å². The fraction of sp³-hybridized carbons (Fsp3) is 0.300. The van der Waals surface area contributed by atoms with Gasteiger partial charge in [-0.2, -0.15) is 5.10 Å². The number of hydrogen-bond acceptors (Lipinski definition) is 9. The van der Waals surface area contributed by atoms with E-state index < -0.39 is 31.1 Å². The third-order valence-electron chi connectivity index (χ3n) is 5.45. The SMILES string of the molecule is Cc1ccc(-c2c[nH]nc2-c2nc(N)c3ncn([C@@H]4O[C@H](CO)[C@@H](O)[C@H]4O)c3n2)cc1. The van der Waals surface area contributed by atoms with Gasteiger partial charge in [-0.1, -0.05) is 29.8 Å². The summed E-state index contributed by atoms with van der Waals surface area (Å²) in [6.07, 6.45) is -1.27. The van der Waals surface area contributed by atoms with Crippen LogP contribution in [0.15, 0.2) is 36.8 Å². The van der Waals surface area contributed by atoms with Crippen molar-refractivity contribution >= 4 is 17.0 Å². The van der Waals surface area contributed by atoms with Gasteiger partial charge in [0.25, 0.3) is 0 Å². The number of nitrogens with two attached hydrogens (primary N) is 1. The van der Waals surface area contributed by atoms with Gasteiger partial charge in [0, 0.05) is 11.8 Å². The molecule has 4 heterocycles. The molecule has 4 atom stereocenters. The zero-order chi connectivity index (χ0) is 21.7. The number of rotatable bonds is 4. The average Bonchev–Trinajstić information content (AvgIpc) is 3.47. The van der Waals surface area contributed by atoms with Gasteiger partial charge in [-0.05, 0) is 12.5 Å². The van der Waals surface area contributed by atoms with Gasteiger partial charge in [0.05, 0.1) is 12.9 Å². The van der Waals surface area contributed by atoms with E-state index in [1.54, 1.807) is 6.20 Å². The Balaban J connectivity index is 1.61. The van der Waals surface area contributed by atoms with Crippen LogP contribution < -0.4 is 5.73 Å². The molecule has 1 aliphatic rings. The van der Waals surface area contributed by atoms with Crippen molar-refractivity contribution in [2.75, 3.05) is 12.3 Å². The van der Waals surface area contributed by atoms with Crippen molar-refractivity contribution in [2.24, 2.45) is 0 Å². The summed E-state index contributed by atoms with van der Waals surface area (Å²) < 4.78 is 7.08. The number of ether oxygens (including phenoxy) is 1. The summed E-state index contributed by atoms with van der Waals surface area (Å²) in [5.74, 6) is 0.415. The largest absolute Gasteiger partial charge is 0.394 e. The Labute approximate surface area is 176 Å². The lowest BCUT2D eigenvalue weighted by Crippen LogP contribution is -2.33. The molecule has 11 heteroatoms. The number of hydrogen-bond donors (Lipinski definition) is 5. The van der Waals surface area contributed by atoms with Crippen LogP contribution in [0.1, 0.15) is 11.8 Å². The molecule has 5 rings (SSSR count). The zero-order valence-corrected chi connectivity index (χ0v) is 16.5. The lowest BCUT2D eigenvalue weighted by molar-refractivity contribution is -0.0511. The third-order valence-corrected chi connectivity index (χ3v) is 5.45. The van der Waals surface area contributed by atoms with Gasteiger partial charge in [-0.25, -0.2) is 15.0 Å². The molecule has 0 aliphatic carbocycles. The predicted octanol–water partition coefficient (Wildman–Crippen LogP) is 0.386. The minimum atomic E-state index is -1.28. The lowest BCUT2D eigenvalue weighted by atomic mass is 10.0. The average molecular weight is 423 g/mol. The van der Waals surface area contributed by atoms with Crippen molar-refractivity contribution in [3.8, 4) is 22.6 Å². The van der Waals surface area contributed by atoms with E-state index in [2.05, 4.69) is 25.1 Å². The first kappa shape index (κ1) is 19.6. The van der Waals surface area contributed by atoms with Crippen molar-refractivity contribution in [1.29, 1.82) is 0 Å². The second-order valence-electron chi connectivity index (χ2n) is 7.50. The molecule has 11 nitrogen and oxygen atoms in total. The monoisotopic (exact) mass is 423 g/mol. The summed E-state index contributed by atoms with van der Waals surface area (Å²) in [6, 6.07) is 7.96. The first-order chi connectivity index (χ1) is 15.0. The molecule has 4 aromatic rings. The first-order valence-corrected chi connectivity index (χ1v) is 9.71. The number of aliphatic hydroxyl groups is 3. The summed E-state index contributed by atoms with van der Waals surface area (Å²) >= 11 is 0. The van der Waals surface area contributed by atoms with E-state index >= 15 is 0 Å². The molecule has 0 unspecified atom stereocenters. The third kappa shape index (κ3) is 3.15. The van der Waals surface area contributed by atoms with E-state index in [9.17, 15) is 15.3 Å². The van der Waals surface area contributed by atoms with Crippen LogP contribution in [0.2, 0.25) is 0 Å². The summed E-state index contributed by atoms with van der Waals surface area (Å²) in [6.45, 7) is 1.58. The molecule has 1 aromatic carbocycles. The standard InChI is InChI=1S/C20H21N7O4/c1-9-2-4-10(5-3-9)11-6-23-26-13(11)18-24-17(21)14-19(25-18)27(8-22-14)20-16(30)15(29)12(7-28)31-20/h2-6,8,12,15-16,20,28-30H,7H2,1H3,(H,23,26)(H2,21,24,25)/t12-,15-,16-,20-/m1/s1. The first-order valence-electron chi connectivity index (χ1n) is 9.71. The number of nitrogens with zero attached hydrogens (tertiary/aromatic N) is 5. The van der Waals surface area contributed by atoms with Gasteiger partial charge in [-0.3, -0.25) is 9.67 Å². The number of aromatic amines is 1. The molecule has 1 aliphatic heterocycles. The number of benzene rings is 1. The van der Waals surface area contributed by atoms with Crippen LogP contribution in [0.25, 0.3) is 33.8 Å². The van der Waals surface area contributed by atoms with Crippen LogP contribution in [-0.4, -0.2) is 70.0 Å². The van der Waals surface area contributed by atoms with E-state index in [4.69, 9.17) is 10.5 Å². The quantitative estimate of drug-likeness (QED) is 0.312. The Morgan fingerprint density at radius 2 is 1.94 bits per heavy atom. The van der Waals surface area contributed by atoms with Crippen LogP contribution >= 0.6 is 0 Å². The normalized spacial score (nSPS) is 23.6. The highest BCUT2D eigenvalue weighted by molar-refractivity contribution is 5.86. The Morgan fingerprint density at radius 1 is 1.16 bits per heavy atom. The molecule has 1 fully saturated rings. The highest BCUT2D eigenvalue weighted by Crippen LogP contribution is 2.34. The van der Waals surface area contributed by atoms with E-state index in [1.807, 2.05) is 31.2 Å². The van der Waals surface area contributed by atoms with Crippen LogP contribution in [-0.2, 0) is 4.74 Å². The smallest absolute Gasteiger partial charge is 0.184 e. The molecule has 3 aromatic heterocycles. The minimum Gasteiger partial charge on any atom is -0.394 e. The summed E-state index contributed by atoms with van der Waals surface area (Å²) in [7, 11) is 0. The number of aliphatic hydroxyl groups excluding tert-OH is 3. The van der Waals surface area contributed by atoms with E-state index in [-0.39, 0.29) is 11.6 Å². The van der Waals surface area contributed by atoms with Crippen molar-refractivity contribution in [3.05, 3.63) is 42.4 Å². The molecular formula is C20H21N7O4. The van der Waals surface area contributed by atoms with Crippen LogP contribution in [0, 0.1) is 6.92 Å². The number of aryl methyl sites for hydroxylation is 1. The van der Waals surface area contributed by atoms with E-state index in [0.717, 1.165) is 16.7 Å². The van der Waals surface area contributed by atoms with Gasteiger partial charge in [-0.15, -0.1) is 0 Å². The van der Waals surface area contributed by atoms with Gasteiger partial charge in [0.1, 0.15) is 29.5 Å². The minimum absolute atomic E-state index is 0.142. The Bertz CT molecular complexity index is 1240. The zero-order valence-electron chi connectivity index (χ0n) is 16.5. The number of fused-ring (bicyclic) bond motifs is 1. The Kier molecular flexibility index (Phi) is 4.67. The molecule has 0 bridgehead atoms. The number of nitrogens with one attached hydrogen (secondary N) is 1. The highest BCUT2D eigenvalue weighted by atomic mass is 16.6. The van der Waals surface area contributed by atoms with Gasteiger partial charge >= 0.3 is 0 Å². The van der Waals surface area contributed by atoms with Gasteiger partial charge < -0.3 is 25.8 Å². The molecule has 1 saturated heterocycles. The Morgan fingerprint density at radius 3 is 2.65 bits per heavy atom. The Hall–Kier alpha value is -3.38. The van der Waals surface area contributed by atoms with Crippen LogP contribution in [0.4, 0.5) is 5.82 Å². The topological polar surface area (TPSA) is 168 Å². The highest BCUT2D eigenvalue weighted by Gasteiger charge is 2.44. The predicted molar refractivity (Wildman–Crippen MR) is 110 cm³/mol. The molecular weight excluding hydrogens is 402 g/mol. The lowest BCUT2D eigenvalue weighted by Gasteiger charge is -2.16. The number of anilines is 1. The van der Waals surface area contributed by atoms with E-state index in [0.29, 0.717) is 16.9 Å². The molecule has 0 radical (unpaired) electrons. The van der Waals surface area contributed by atoms with Crippen molar-refractivity contribution in [3.63, 3.8) is 0 Å². The molecule has 160 valence electrons. The number of nitrogen functional groups attached to an aromatic ring is 1. The van der Waals surface area contributed by atoms with Gasteiger partial charge in [0.2, 0.25) is 0 Å². The van der Waals surface area contributed by atoms with Crippen LogP contribution in [0.3, 0.4) is 0 Å². The molecule has 0 spiro atoms. The number of aromatic nitrogens is 6. The summed E-state index contributed by atoms with van der Waals surface area (Å²) in [5.41, 5.74) is 10.2. The molecule has 0 saturated carbocycles. The van der Waals surface area contributed by atoms with E-state index in [1.165, 1.54) is 10.9 Å². The van der Waals surface area contributed by atoms with Crippen molar-refractivity contribution in [2.45, 2.75) is 31.5 Å². The fourth-order valence-corrected chi connectivity index (χ4v) is 3.75. The summed E-state index contributed by atoms with van der Waals surface area (Å²) in [4.78, 5) is 13.2. The molecule has 6 N–H and O–H groups in total.